The van der Waals surface area contributed by atoms with E-state index in [-0.39, 0.29) is 0 Å². The molecular weight excluding hydrogens is 134 g/mol. The van der Waals surface area contributed by atoms with E-state index in [9.17, 15) is 4.79 Å². The fourth-order valence-electron chi connectivity index (χ4n) is 0.454. The van der Waals surface area contributed by atoms with Crippen LogP contribution in [-0.2, 0) is 9.63 Å². The van der Waals surface area contributed by atoms with Gasteiger partial charge in [0.15, 0.2) is 0 Å². The number of hydrazine groups is 1. The van der Waals surface area contributed by atoms with Crippen LogP contribution in [0.15, 0.2) is 17.4 Å². The number of hydrogen-bond donors (Lipinski definition) is 1. The van der Waals surface area contributed by atoms with Crippen molar-refractivity contribution < 1.29 is 9.63 Å². The quantitative estimate of drug-likeness (QED) is 0.548. The van der Waals surface area contributed by atoms with Gasteiger partial charge in [-0.05, 0) is 11.4 Å². The minimum Gasteiger partial charge on any atom is -0.304 e. The third-order valence-corrected chi connectivity index (χ3v) is 0.754. The van der Waals surface area contributed by atoms with Crippen LogP contribution in [0.3, 0.4) is 0 Å². The molecule has 0 saturated heterocycles. The molecule has 0 aromatic heterocycles. The van der Waals surface area contributed by atoms with Crippen LogP contribution < -0.4 is 5.43 Å². The second-order valence-electron chi connectivity index (χ2n) is 1.61. The van der Waals surface area contributed by atoms with Crippen LogP contribution in [0.5, 0.6) is 0 Å². The van der Waals surface area contributed by atoms with E-state index in [1.54, 1.807) is 12.3 Å². The Labute approximate surface area is 57.9 Å². The predicted molar refractivity (Wildman–Crippen MR) is 34.4 cm³/mol. The van der Waals surface area contributed by atoms with Crippen molar-refractivity contribution in [3.8, 4) is 0 Å². The Hall–Kier alpha value is -1.52. The molecule has 1 aliphatic rings. The Balaban J connectivity index is 2.37. The molecule has 0 atom stereocenters. The summed E-state index contributed by atoms with van der Waals surface area (Å²) in [5.41, 5.74) is 2.56. The zero-order chi connectivity index (χ0) is 7.40. The molecule has 10 heavy (non-hydrogen) atoms. The molecule has 0 radical (unpaired) electrons. The highest BCUT2D eigenvalue weighted by Crippen LogP contribution is 1.90. The third kappa shape index (κ3) is 1.77. The largest absolute Gasteiger partial charge is 0.333 e. The van der Waals surface area contributed by atoms with Crippen molar-refractivity contribution in [3.05, 3.63) is 12.3 Å². The molecule has 1 heterocycles. The van der Waals surface area contributed by atoms with Gasteiger partial charge in [0.1, 0.15) is 0 Å². The number of nitrogens with zero attached hydrogens (tertiary/aromatic N) is 2. The van der Waals surface area contributed by atoms with Crippen LogP contribution in [0.25, 0.3) is 0 Å². The van der Waals surface area contributed by atoms with Crippen molar-refractivity contribution >= 4 is 12.2 Å². The summed E-state index contributed by atoms with van der Waals surface area (Å²) in [5.74, 6) is -0.417. The summed E-state index contributed by atoms with van der Waals surface area (Å²) in [6, 6.07) is 0. The van der Waals surface area contributed by atoms with E-state index in [2.05, 4.69) is 15.4 Å². The highest BCUT2D eigenvalue weighted by atomic mass is 16.8. The molecule has 1 rings (SSSR count). The van der Waals surface area contributed by atoms with E-state index in [0.717, 1.165) is 5.28 Å². The summed E-state index contributed by atoms with van der Waals surface area (Å²) in [4.78, 5) is 14.8. The van der Waals surface area contributed by atoms with Gasteiger partial charge in [-0.2, -0.15) is 0 Å². The third-order valence-electron chi connectivity index (χ3n) is 0.754. The Morgan fingerprint density at radius 1 is 1.80 bits per heavy atom. The van der Waals surface area contributed by atoms with Crippen molar-refractivity contribution in [2.45, 2.75) is 6.92 Å². The lowest BCUT2D eigenvalue weighted by atomic mass is 10.7. The van der Waals surface area contributed by atoms with Crippen LogP contribution in [-0.4, -0.2) is 17.5 Å². The first-order valence-electron chi connectivity index (χ1n) is 2.73. The highest BCUT2D eigenvalue weighted by Gasteiger charge is 2.02. The highest BCUT2D eigenvalue weighted by molar-refractivity contribution is 5.71. The van der Waals surface area contributed by atoms with Gasteiger partial charge in [0.2, 0.25) is 0 Å². The molecule has 0 saturated carbocycles. The SMILES string of the molecule is CC(=O)ON1N=CC=CN1. The summed E-state index contributed by atoms with van der Waals surface area (Å²) in [6.07, 6.45) is 4.77. The molecule has 0 unspecified atom stereocenters. The van der Waals surface area contributed by atoms with Crippen LogP contribution in [0.4, 0.5) is 0 Å². The molecule has 0 aromatic rings. The summed E-state index contributed by atoms with van der Waals surface area (Å²) in [5, 5.41) is 4.61. The first kappa shape index (κ1) is 6.60. The number of carbonyl (C=O) groups is 1. The van der Waals surface area contributed by atoms with Gasteiger partial charge in [-0.15, -0.1) is 5.10 Å². The van der Waals surface area contributed by atoms with Crippen LogP contribution >= 0.6 is 0 Å². The topological polar surface area (TPSA) is 53.9 Å². The van der Waals surface area contributed by atoms with Crippen molar-refractivity contribution in [2.24, 2.45) is 5.10 Å². The fourth-order valence-corrected chi connectivity index (χ4v) is 0.454. The van der Waals surface area contributed by atoms with Gasteiger partial charge in [0.05, 0.1) is 6.21 Å². The van der Waals surface area contributed by atoms with Gasteiger partial charge >= 0.3 is 5.97 Å². The average molecular weight is 141 g/mol. The standard InChI is InChI=1S/C5H7N3O2/c1-5(9)10-8-6-3-2-4-7-8/h2-4,6H,1H3. The van der Waals surface area contributed by atoms with Crippen molar-refractivity contribution in [1.82, 2.24) is 10.7 Å². The number of hydrazone groups is 1. The zero-order valence-electron chi connectivity index (χ0n) is 5.44. The fraction of sp³-hybridized carbons (Fsp3) is 0.200. The molecule has 0 aliphatic carbocycles. The van der Waals surface area contributed by atoms with Crippen LogP contribution in [0, 0.1) is 0 Å². The van der Waals surface area contributed by atoms with E-state index in [0.29, 0.717) is 0 Å². The van der Waals surface area contributed by atoms with Crippen molar-refractivity contribution in [1.29, 1.82) is 0 Å². The maximum atomic E-state index is 10.3. The molecule has 0 bridgehead atoms. The Morgan fingerprint density at radius 2 is 2.60 bits per heavy atom. The molecule has 1 aliphatic heterocycles. The molecule has 54 valence electrons. The minimum absolute atomic E-state index is 0.417. The number of hydrogen-bond acceptors (Lipinski definition) is 5. The molecule has 0 amide bonds. The molecule has 0 spiro atoms. The van der Waals surface area contributed by atoms with Gasteiger partial charge in [-0.1, -0.05) is 0 Å². The van der Waals surface area contributed by atoms with Crippen LogP contribution in [0.2, 0.25) is 0 Å². The summed E-state index contributed by atoms with van der Waals surface area (Å²) in [7, 11) is 0. The smallest absolute Gasteiger partial charge is 0.304 e. The lowest BCUT2D eigenvalue weighted by molar-refractivity contribution is -0.200. The van der Waals surface area contributed by atoms with Crippen molar-refractivity contribution in [2.75, 3.05) is 0 Å². The first-order chi connectivity index (χ1) is 4.79. The van der Waals surface area contributed by atoms with Gasteiger partial charge in [0.25, 0.3) is 0 Å². The number of nitrogens with one attached hydrogen (secondary N) is 1. The maximum absolute atomic E-state index is 10.3. The number of allylic oxidation sites excluding steroid dienone is 1. The van der Waals surface area contributed by atoms with E-state index in [1.165, 1.54) is 13.1 Å². The average Bonchev–Trinajstić information content (AvgIpc) is 1.88. The van der Waals surface area contributed by atoms with E-state index in [1.807, 2.05) is 0 Å². The van der Waals surface area contributed by atoms with Crippen molar-refractivity contribution in [3.63, 3.8) is 0 Å². The normalized spacial score (nSPS) is 14.7. The second-order valence-corrected chi connectivity index (χ2v) is 1.61. The van der Waals surface area contributed by atoms with Gasteiger partial charge in [0, 0.05) is 13.1 Å². The molecular formula is C5H7N3O2. The monoisotopic (exact) mass is 141 g/mol. The molecule has 0 fully saturated rings. The van der Waals surface area contributed by atoms with E-state index < -0.39 is 5.97 Å². The molecule has 0 aromatic carbocycles. The Kier molecular flexibility index (Phi) is 1.89. The van der Waals surface area contributed by atoms with E-state index in [4.69, 9.17) is 0 Å². The zero-order valence-corrected chi connectivity index (χ0v) is 5.44. The lowest BCUT2D eigenvalue weighted by Gasteiger charge is -2.16. The predicted octanol–water partition coefficient (Wildman–Crippen LogP) is -0.216. The maximum Gasteiger partial charge on any atom is 0.333 e. The first-order valence-corrected chi connectivity index (χ1v) is 2.73. The summed E-state index contributed by atoms with van der Waals surface area (Å²) in [6.45, 7) is 1.30. The Bertz CT molecular complexity index is 187. The molecule has 5 nitrogen and oxygen atoms in total. The number of carbonyl (C=O) groups excluding carboxylic acids is 1. The summed E-state index contributed by atoms with van der Waals surface area (Å²) >= 11 is 0. The second kappa shape index (κ2) is 2.86. The van der Waals surface area contributed by atoms with Gasteiger partial charge in [-0.25, -0.2) is 4.79 Å². The Morgan fingerprint density at radius 3 is 3.10 bits per heavy atom. The summed E-state index contributed by atoms with van der Waals surface area (Å²) < 4.78 is 0. The van der Waals surface area contributed by atoms with E-state index >= 15 is 0 Å². The van der Waals surface area contributed by atoms with Gasteiger partial charge in [-0.3, -0.25) is 5.43 Å². The lowest BCUT2D eigenvalue weighted by Crippen LogP contribution is -2.32. The van der Waals surface area contributed by atoms with Crippen LogP contribution in [0.1, 0.15) is 6.92 Å². The van der Waals surface area contributed by atoms with Gasteiger partial charge < -0.3 is 4.84 Å². The molecule has 5 heteroatoms. The molecule has 1 N–H and O–H groups in total. The minimum atomic E-state index is -0.417. The number of rotatable bonds is 1.